The summed E-state index contributed by atoms with van der Waals surface area (Å²) in [6, 6.07) is 0. The molecule has 1 saturated heterocycles. The first-order valence-corrected chi connectivity index (χ1v) is 10.3. The second-order valence-corrected chi connectivity index (χ2v) is 8.67. The van der Waals surface area contributed by atoms with Crippen molar-refractivity contribution in [2.24, 2.45) is 11.3 Å². The van der Waals surface area contributed by atoms with Gasteiger partial charge in [-0.3, -0.25) is 9.59 Å². The Bertz CT molecular complexity index is 913. The second kappa shape index (κ2) is 7.98. The van der Waals surface area contributed by atoms with E-state index in [9.17, 15) is 19.2 Å². The number of carboxylic acids is 1. The number of methoxy groups -OCH3 is 1. The van der Waals surface area contributed by atoms with E-state index in [-0.39, 0.29) is 17.9 Å². The van der Waals surface area contributed by atoms with Crippen LogP contribution >= 0.6 is 0 Å². The second-order valence-electron chi connectivity index (χ2n) is 8.67. The van der Waals surface area contributed by atoms with Crippen LogP contribution in [0.4, 0.5) is 0 Å². The summed E-state index contributed by atoms with van der Waals surface area (Å²) in [5.74, 6) is -2.83. The fourth-order valence-electron chi connectivity index (χ4n) is 5.45. The van der Waals surface area contributed by atoms with E-state index in [0.717, 1.165) is 0 Å². The third-order valence-corrected chi connectivity index (χ3v) is 6.97. The minimum Gasteiger partial charge on any atom is -0.478 e. The quantitative estimate of drug-likeness (QED) is 0.305. The van der Waals surface area contributed by atoms with Gasteiger partial charge < -0.3 is 19.3 Å². The number of cyclic esters (lactones) is 1. The normalized spacial score (nSPS) is 35.0. The van der Waals surface area contributed by atoms with E-state index < -0.39 is 40.5 Å². The summed E-state index contributed by atoms with van der Waals surface area (Å²) in [6.07, 6.45) is 8.21. The lowest BCUT2D eigenvalue weighted by molar-refractivity contribution is -0.235. The van der Waals surface area contributed by atoms with Crippen molar-refractivity contribution in [2.45, 2.75) is 64.1 Å². The van der Waals surface area contributed by atoms with Gasteiger partial charge in [-0.15, -0.1) is 0 Å². The van der Waals surface area contributed by atoms with E-state index in [0.29, 0.717) is 31.3 Å². The Morgan fingerprint density at radius 3 is 2.58 bits per heavy atom. The van der Waals surface area contributed by atoms with Gasteiger partial charge in [0.2, 0.25) is 0 Å². The number of carbonyl (C=O) groups is 4. The Balaban J connectivity index is 2.07. The highest BCUT2D eigenvalue weighted by Gasteiger charge is 2.74. The lowest BCUT2D eigenvalue weighted by Gasteiger charge is -2.54. The van der Waals surface area contributed by atoms with Crippen LogP contribution < -0.4 is 0 Å². The SMILES string of the molecule is COC(=O)C1=CC[C@@]23CC[C@@H]([C@@](C)(/C=C/C=C(/C)C(=O)O)OC2=O)[C@]3(OC(C)=O)CC1. The molecule has 0 spiro atoms. The molecule has 1 aliphatic heterocycles. The molecule has 1 heterocycles. The lowest BCUT2D eigenvalue weighted by atomic mass is 9.62. The molecule has 1 saturated carbocycles. The molecule has 2 fully saturated rings. The largest absolute Gasteiger partial charge is 0.478 e. The van der Waals surface area contributed by atoms with Gasteiger partial charge in [-0.1, -0.05) is 18.2 Å². The Labute approximate surface area is 180 Å². The molecule has 0 amide bonds. The molecule has 168 valence electrons. The number of esters is 3. The Kier molecular flexibility index (Phi) is 5.86. The number of rotatable bonds is 5. The van der Waals surface area contributed by atoms with Crippen LogP contribution in [0.15, 0.2) is 35.5 Å². The van der Waals surface area contributed by atoms with Crippen LogP contribution in [0.3, 0.4) is 0 Å². The van der Waals surface area contributed by atoms with Crippen molar-refractivity contribution in [1.29, 1.82) is 0 Å². The van der Waals surface area contributed by atoms with Crippen LogP contribution in [0.5, 0.6) is 0 Å². The number of carboxylic acid groups (broad SMARTS) is 1. The fourth-order valence-corrected chi connectivity index (χ4v) is 5.45. The highest BCUT2D eigenvalue weighted by molar-refractivity contribution is 5.89. The number of hydrogen-bond donors (Lipinski definition) is 1. The highest BCUT2D eigenvalue weighted by Crippen LogP contribution is 2.65. The first-order valence-electron chi connectivity index (χ1n) is 10.3. The maximum Gasteiger partial charge on any atom is 0.333 e. The standard InChI is InChI=1S/C23H28O8/c1-14(18(25)26)6-5-10-21(3)17-9-12-22(20(28)31-21)11-7-16(19(27)29-4)8-13-23(17,22)30-15(2)24/h5-7,10,17H,8-9,11-13H2,1-4H3,(H,25,26)/b10-5+,14-6-/t17-,21+,22+,23+/m0/s1. The van der Waals surface area contributed by atoms with Crippen molar-refractivity contribution < 1.29 is 38.5 Å². The summed E-state index contributed by atoms with van der Waals surface area (Å²) in [7, 11) is 1.30. The first kappa shape index (κ1) is 22.8. The van der Waals surface area contributed by atoms with Gasteiger partial charge in [0.15, 0.2) is 0 Å². The summed E-state index contributed by atoms with van der Waals surface area (Å²) in [5, 5.41) is 9.06. The number of aliphatic carboxylic acids is 1. The molecule has 8 nitrogen and oxygen atoms in total. The Morgan fingerprint density at radius 1 is 1.26 bits per heavy atom. The van der Waals surface area contributed by atoms with Gasteiger partial charge in [-0.05, 0) is 52.0 Å². The molecule has 2 bridgehead atoms. The van der Waals surface area contributed by atoms with Crippen LogP contribution in [0, 0.1) is 11.3 Å². The molecular formula is C23H28O8. The fraction of sp³-hybridized carbons (Fsp3) is 0.565. The average Bonchev–Trinajstić information content (AvgIpc) is 2.84. The first-order chi connectivity index (χ1) is 14.5. The van der Waals surface area contributed by atoms with Gasteiger partial charge in [0.05, 0.1) is 7.11 Å². The van der Waals surface area contributed by atoms with Gasteiger partial charge in [0.1, 0.15) is 16.6 Å². The van der Waals surface area contributed by atoms with Gasteiger partial charge in [0, 0.05) is 24.0 Å². The molecule has 31 heavy (non-hydrogen) atoms. The molecule has 0 unspecified atom stereocenters. The van der Waals surface area contributed by atoms with Crippen molar-refractivity contribution in [2.75, 3.05) is 7.11 Å². The molecule has 0 aromatic rings. The molecule has 4 atom stereocenters. The van der Waals surface area contributed by atoms with Crippen LogP contribution in [-0.4, -0.2) is 47.3 Å². The smallest absolute Gasteiger partial charge is 0.333 e. The third kappa shape index (κ3) is 3.58. The minimum atomic E-state index is -1.13. The zero-order chi connectivity index (χ0) is 23.0. The van der Waals surface area contributed by atoms with Gasteiger partial charge in [0.25, 0.3) is 0 Å². The maximum atomic E-state index is 13.4. The summed E-state index contributed by atoms with van der Waals surface area (Å²) < 4.78 is 16.7. The zero-order valence-corrected chi connectivity index (χ0v) is 18.2. The van der Waals surface area contributed by atoms with Crippen molar-refractivity contribution in [3.8, 4) is 0 Å². The highest BCUT2D eigenvalue weighted by atomic mass is 16.6. The topological polar surface area (TPSA) is 116 Å². The summed E-state index contributed by atoms with van der Waals surface area (Å²) in [5.41, 5.74) is -2.71. The van der Waals surface area contributed by atoms with E-state index in [4.69, 9.17) is 19.3 Å². The third-order valence-electron chi connectivity index (χ3n) is 6.97. The maximum absolute atomic E-state index is 13.4. The van der Waals surface area contributed by atoms with E-state index in [1.54, 1.807) is 25.2 Å². The molecule has 0 aromatic heterocycles. The van der Waals surface area contributed by atoms with E-state index >= 15 is 0 Å². The van der Waals surface area contributed by atoms with Crippen molar-refractivity contribution in [3.05, 3.63) is 35.5 Å². The van der Waals surface area contributed by atoms with Crippen molar-refractivity contribution in [1.82, 2.24) is 0 Å². The predicted molar refractivity (Wildman–Crippen MR) is 109 cm³/mol. The van der Waals surface area contributed by atoms with Crippen molar-refractivity contribution >= 4 is 23.9 Å². The van der Waals surface area contributed by atoms with Crippen LogP contribution in [0.25, 0.3) is 0 Å². The van der Waals surface area contributed by atoms with Crippen molar-refractivity contribution in [3.63, 3.8) is 0 Å². The number of carbonyl (C=O) groups excluding carboxylic acids is 3. The lowest BCUT2D eigenvalue weighted by Crippen LogP contribution is -2.65. The molecule has 1 N–H and O–H groups in total. The molecule has 2 aliphatic carbocycles. The number of hydrogen-bond acceptors (Lipinski definition) is 7. The molecule has 3 aliphatic rings. The zero-order valence-electron chi connectivity index (χ0n) is 18.2. The molecular weight excluding hydrogens is 404 g/mol. The monoisotopic (exact) mass is 432 g/mol. The van der Waals surface area contributed by atoms with Gasteiger partial charge in [-0.25, -0.2) is 9.59 Å². The Hall–Kier alpha value is -2.90. The minimum absolute atomic E-state index is 0.138. The summed E-state index contributed by atoms with van der Waals surface area (Å²) >= 11 is 0. The Morgan fingerprint density at radius 2 is 1.97 bits per heavy atom. The van der Waals surface area contributed by atoms with E-state index in [1.807, 2.05) is 0 Å². The van der Waals surface area contributed by atoms with E-state index in [1.165, 1.54) is 27.0 Å². The predicted octanol–water partition coefficient (Wildman–Crippen LogP) is 2.87. The van der Waals surface area contributed by atoms with Gasteiger partial charge in [-0.2, -0.15) is 0 Å². The molecule has 3 rings (SSSR count). The van der Waals surface area contributed by atoms with E-state index in [2.05, 4.69) is 0 Å². The number of allylic oxidation sites excluding steroid dienone is 3. The number of ether oxygens (including phenoxy) is 3. The summed E-state index contributed by atoms with van der Waals surface area (Å²) in [4.78, 5) is 48.8. The van der Waals surface area contributed by atoms with Crippen LogP contribution in [-0.2, 0) is 33.4 Å². The molecule has 0 aromatic carbocycles. The van der Waals surface area contributed by atoms with Gasteiger partial charge >= 0.3 is 23.9 Å². The van der Waals surface area contributed by atoms with Crippen LogP contribution in [0.2, 0.25) is 0 Å². The summed E-state index contributed by atoms with van der Waals surface area (Å²) in [6.45, 7) is 4.53. The van der Waals surface area contributed by atoms with Crippen LogP contribution in [0.1, 0.15) is 52.9 Å². The average molecular weight is 432 g/mol. The molecule has 8 heteroatoms. The molecule has 0 radical (unpaired) electrons.